The third kappa shape index (κ3) is 5.40. The zero-order valence-electron chi connectivity index (χ0n) is 15.9. The number of hydrogen-bond acceptors (Lipinski definition) is 5. The molecule has 7 nitrogen and oxygen atoms in total. The number of nitro benzene ring substituents is 1. The van der Waals surface area contributed by atoms with Crippen molar-refractivity contribution in [3.8, 4) is 5.75 Å². The second kappa shape index (κ2) is 9.02. The third-order valence-corrected chi connectivity index (χ3v) is 4.82. The van der Waals surface area contributed by atoms with Gasteiger partial charge in [-0.3, -0.25) is 14.9 Å². The van der Waals surface area contributed by atoms with Gasteiger partial charge in [0.2, 0.25) is 5.91 Å². The summed E-state index contributed by atoms with van der Waals surface area (Å²) in [5.41, 5.74) is 0.691. The molecule has 0 bridgehead atoms. The van der Waals surface area contributed by atoms with Gasteiger partial charge in [-0.1, -0.05) is 24.3 Å². The van der Waals surface area contributed by atoms with E-state index in [1.54, 1.807) is 24.3 Å². The number of anilines is 2. The van der Waals surface area contributed by atoms with Gasteiger partial charge in [-0.15, -0.1) is 0 Å². The van der Waals surface area contributed by atoms with Crippen LogP contribution in [-0.2, 0) is 4.79 Å². The standard InChI is InChI=1S/C20H20F3N3O4/c21-20(22,23)13-30-18-8-4-1-5-15(18)24-19(27)14-9-11-25(12-10-14)16-6-2-3-7-17(16)26(28)29/h1-8,14H,9-13H2,(H,24,27). The molecule has 160 valence electrons. The van der Waals surface area contributed by atoms with Crippen LogP contribution < -0.4 is 15.0 Å². The smallest absolute Gasteiger partial charge is 0.422 e. The Morgan fingerprint density at radius 2 is 1.77 bits per heavy atom. The van der Waals surface area contributed by atoms with Crippen LogP contribution in [0.3, 0.4) is 0 Å². The number of nitrogens with zero attached hydrogens (tertiary/aromatic N) is 2. The number of halogens is 3. The predicted octanol–water partition coefficient (Wildman–Crippen LogP) is 4.39. The van der Waals surface area contributed by atoms with Gasteiger partial charge in [0, 0.05) is 25.1 Å². The number of carbonyl (C=O) groups is 1. The predicted molar refractivity (Wildman–Crippen MR) is 105 cm³/mol. The number of hydrogen-bond donors (Lipinski definition) is 1. The van der Waals surface area contributed by atoms with E-state index < -0.39 is 17.7 Å². The molecule has 0 aromatic heterocycles. The maximum absolute atomic E-state index is 12.6. The van der Waals surface area contributed by atoms with Crippen molar-refractivity contribution >= 4 is 23.0 Å². The topological polar surface area (TPSA) is 84.7 Å². The Bertz CT molecular complexity index is 912. The van der Waals surface area contributed by atoms with Crippen LogP contribution in [0, 0.1) is 16.0 Å². The van der Waals surface area contributed by atoms with Crippen LogP contribution in [0.5, 0.6) is 5.75 Å². The molecule has 1 N–H and O–H groups in total. The van der Waals surface area contributed by atoms with E-state index in [1.807, 2.05) is 4.90 Å². The van der Waals surface area contributed by atoms with Gasteiger partial charge in [-0.25, -0.2) is 0 Å². The average molecular weight is 423 g/mol. The Hall–Kier alpha value is -3.30. The number of piperidine rings is 1. The fraction of sp³-hybridized carbons (Fsp3) is 0.350. The van der Waals surface area contributed by atoms with Crippen molar-refractivity contribution in [1.29, 1.82) is 0 Å². The second-order valence-corrected chi connectivity index (χ2v) is 6.90. The van der Waals surface area contributed by atoms with Crippen LogP contribution in [0.25, 0.3) is 0 Å². The number of nitro groups is 1. The molecule has 1 aliphatic rings. The minimum absolute atomic E-state index is 0.0103. The lowest BCUT2D eigenvalue weighted by atomic mass is 9.95. The van der Waals surface area contributed by atoms with E-state index in [9.17, 15) is 28.1 Å². The average Bonchev–Trinajstić information content (AvgIpc) is 2.72. The maximum atomic E-state index is 12.6. The summed E-state index contributed by atoms with van der Waals surface area (Å²) in [6, 6.07) is 12.4. The van der Waals surface area contributed by atoms with Crippen LogP contribution in [0.15, 0.2) is 48.5 Å². The van der Waals surface area contributed by atoms with Crippen LogP contribution in [0.4, 0.5) is 30.2 Å². The summed E-state index contributed by atoms with van der Waals surface area (Å²) in [5.74, 6) is -0.736. The van der Waals surface area contributed by atoms with Gasteiger partial charge in [0.1, 0.15) is 11.4 Å². The summed E-state index contributed by atoms with van der Waals surface area (Å²) in [6.07, 6.45) is -3.56. The van der Waals surface area contributed by atoms with Gasteiger partial charge in [0.05, 0.1) is 10.6 Å². The molecule has 1 fully saturated rings. The summed E-state index contributed by atoms with van der Waals surface area (Å²) in [4.78, 5) is 25.3. The van der Waals surface area contributed by atoms with Crippen molar-refractivity contribution in [2.24, 2.45) is 5.92 Å². The highest BCUT2D eigenvalue weighted by Gasteiger charge is 2.30. The number of carbonyl (C=O) groups excluding carboxylic acids is 1. The summed E-state index contributed by atoms with van der Waals surface area (Å²) < 4.78 is 42.1. The van der Waals surface area contributed by atoms with Crippen molar-refractivity contribution in [2.45, 2.75) is 19.0 Å². The van der Waals surface area contributed by atoms with Gasteiger partial charge in [0.15, 0.2) is 6.61 Å². The van der Waals surface area contributed by atoms with Crippen molar-refractivity contribution in [3.63, 3.8) is 0 Å². The summed E-state index contributed by atoms with van der Waals surface area (Å²) in [7, 11) is 0. The SMILES string of the molecule is O=C(Nc1ccccc1OCC(F)(F)F)C1CCN(c2ccccc2[N+](=O)[O-])CC1. The molecular weight excluding hydrogens is 403 g/mol. The van der Waals surface area contributed by atoms with Crippen LogP contribution >= 0.6 is 0 Å². The molecule has 10 heteroatoms. The van der Waals surface area contributed by atoms with Crippen LogP contribution in [-0.4, -0.2) is 36.7 Å². The Balaban J connectivity index is 1.61. The van der Waals surface area contributed by atoms with Gasteiger partial charge in [-0.05, 0) is 31.0 Å². The minimum Gasteiger partial charge on any atom is -0.482 e. The third-order valence-electron chi connectivity index (χ3n) is 4.82. The van der Waals surface area contributed by atoms with Gasteiger partial charge >= 0.3 is 6.18 Å². The first-order chi connectivity index (χ1) is 14.2. The molecule has 1 saturated heterocycles. The Kier molecular flexibility index (Phi) is 6.43. The first kappa shape index (κ1) is 21.4. The first-order valence-corrected chi connectivity index (χ1v) is 9.32. The Labute approximate surface area is 170 Å². The quantitative estimate of drug-likeness (QED) is 0.550. The number of ether oxygens (including phenoxy) is 1. The molecule has 3 rings (SSSR count). The van der Waals surface area contributed by atoms with E-state index >= 15 is 0 Å². The molecule has 0 unspecified atom stereocenters. The van der Waals surface area contributed by atoms with E-state index in [0.717, 1.165) is 0 Å². The fourth-order valence-electron chi connectivity index (χ4n) is 3.36. The molecule has 0 atom stereocenters. The number of para-hydroxylation sites is 4. The van der Waals surface area contributed by atoms with E-state index in [2.05, 4.69) is 5.32 Å². The molecular formula is C20H20F3N3O4. The Morgan fingerprint density at radius 1 is 1.13 bits per heavy atom. The highest BCUT2D eigenvalue weighted by Crippen LogP contribution is 2.32. The van der Waals surface area contributed by atoms with E-state index in [0.29, 0.717) is 31.6 Å². The number of nitrogens with one attached hydrogen (secondary N) is 1. The molecule has 0 radical (unpaired) electrons. The fourth-order valence-corrected chi connectivity index (χ4v) is 3.36. The van der Waals surface area contributed by atoms with Gasteiger partial charge in [-0.2, -0.15) is 13.2 Å². The molecule has 0 spiro atoms. The van der Waals surface area contributed by atoms with E-state index in [1.165, 1.54) is 24.3 Å². The van der Waals surface area contributed by atoms with Crippen molar-refractivity contribution in [1.82, 2.24) is 0 Å². The molecule has 1 heterocycles. The van der Waals surface area contributed by atoms with Gasteiger partial charge in [0.25, 0.3) is 5.69 Å². The molecule has 0 aliphatic carbocycles. The molecule has 0 saturated carbocycles. The van der Waals surface area contributed by atoms with Crippen molar-refractivity contribution < 1.29 is 27.6 Å². The molecule has 2 aromatic rings. The molecule has 1 amide bonds. The lowest BCUT2D eigenvalue weighted by Gasteiger charge is -2.32. The van der Waals surface area contributed by atoms with Crippen LogP contribution in [0.1, 0.15) is 12.8 Å². The first-order valence-electron chi connectivity index (χ1n) is 9.32. The summed E-state index contributed by atoms with van der Waals surface area (Å²) in [5, 5.41) is 13.9. The lowest BCUT2D eigenvalue weighted by molar-refractivity contribution is -0.384. The largest absolute Gasteiger partial charge is 0.482 e. The van der Waals surface area contributed by atoms with E-state index in [4.69, 9.17) is 4.74 Å². The Morgan fingerprint density at radius 3 is 2.43 bits per heavy atom. The number of alkyl halides is 3. The normalized spacial score (nSPS) is 15.0. The highest BCUT2D eigenvalue weighted by atomic mass is 19.4. The highest BCUT2D eigenvalue weighted by molar-refractivity contribution is 5.94. The van der Waals surface area contributed by atoms with Crippen molar-refractivity contribution in [2.75, 3.05) is 29.9 Å². The minimum atomic E-state index is -4.48. The summed E-state index contributed by atoms with van der Waals surface area (Å²) in [6.45, 7) is -0.543. The lowest BCUT2D eigenvalue weighted by Crippen LogP contribution is -2.38. The number of benzene rings is 2. The van der Waals surface area contributed by atoms with Crippen LogP contribution in [0.2, 0.25) is 0 Å². The molecule has 2 aromatic carbocycles. The van der Waals surface area contributed by atoms with Gasteiger partial charge < -0.3 is 15.0 Å². The number of amides is 1. The monoisotopic (exact) mass is 423 g/mol. The zero-order valence-corrected chi connectivity index (χ0v) is 15.9. The number of rotatable bonds is 6. The zero-order chi connectivity index (χ0) is 21.7. The summed E-state index contributed by atoms with van der Waals surface area (Å²) >= 11 is 0. The van der Waals surface area contributed by atoms with Crippen molar-refractivity contribution in [3.05, 3.63) is 58.6 Å². The second-order valence-electron chi connectivity index (χ2n) is 6.90. The molecule has 30 heavy (non-hydrogen) atoms. The van der Waals surface area contributed by atoms with E-state index in [-0.39, 0.29) is 28.9 Å². The molecule has 1 aliphatic heterocycles. The maximum Gasteiger partial charge on any atom is 0.422 e.